The standard InChI is InChI=1S/C13H15N3OS/c1-9-12(8-16(2)15-9)14-13(17)7-10-3-5-11(18)6-4-10/h3-6,8,18H,7H2,1-2H3,(H,14,17). The van der Waals surface area contributed by atoms with Crippen molar-refractivity contribution < 1.29 is 4.79 Å². The van der Waals surface area contributed by atoms with Gasteiger partial charge < -0.3 is 5.32 Å². The van der Waals surface area contributed by atoms with E-state index < -0.39 is 0 Å². The Morgan fingerprint density at radius 1 is 1.39 bits per heavy atom. The fraction of sp³-hybridized carbons (Fsp3) is 0.231. The highest BCUT2D eigenvalue weighted by Gasteiger charge is 2.08. The minimum absolute atomic E-state index is 0.0435. The summed E-state index contributed by atoms with van der Waals surface area (Å²) >= 11 is 4.21. The van der Waals surface area contributed by atoms with Gasteiger partial charge in [0, 0.05) is 18.1 Å². The lowest BCUT2D eigenvalue weighted by Gasteiger charge is -2.04. The Balaban J connectivity index is 2.01. The maximum atomic E-state index is 11.9. The summed E-state index contributed by atoms with van der Waals surface area (Å²) in [5.74, 6) is -0.0435. The highest BCUT2D eigenvalue weighted by atomic mass is 32.1. The molecule has 1 heterocycles. The highest BCUT2D eigenvalue weighted by molar-refractivity contribution is 7.80. The van der Waals surface area contributed by atoms with E-state index in [1.165, 1.54) is 0 Å². The normalized spacial score (nSPS) is 10.4. The number of rotatable bonds is 3. The van der Waals surface area contributed by atoms with Crippen LogP contribution >= 0.6 is 12.6 Å². The van der Waals surface area contributed by atoms with Crippen LogP contribution in [0, 0.1) is 6.92 Å². The molecule has 0 bridgehead atoms. The number of aromatic nitrogens is 2. The van der Waals surface area contributed by atoms with Crippen molar-refractivity contribution in [3.63, 3.8) is 0 Å². The average molecular weight is 261 g/mol. The molecule has 0 atom stereocenters. The third-order valence-corrected chi connectivity index (χ3v) is 2.89. The summed E-state index contributed by atoms with van der Waals surface area (Å²) in [5, 5.41) is 7.03. The number of hydrogen-bond donors (Lipinski definition) is 2. The molecule has 2 aromatic rings. The molecule has 1 aromatic heterocycles. The van der Waals surface area contributed by atoms with Crippen molar-refractivity contribution in [3.05, 3.63) is 41.7 Å². The Kier molecular flexibility index (Phi) is 3.72. The smallest absolute Gasteiger partial charge is 0.228 e. The molecule has 0 unspecified atom stereocenters. The Labute approximate surface area is 111 Å². The van der Waals surface area contributed by atoms with Crippen molar-refractivity contribution >= 4 is 24.2 Å². The van der Waals surface area contributed by atoms with Gasteiger partial charge in [-0.1, -0.05) is 12.1 Å². The molecule has 1 amide bonds. The van der Waals surface area contributed by atoms with Gasteiger partial charge in [0.15, 0.2) is 0 Å². The van der Waals surface area contributed by atoms with Crippen LogP contribution in [-0.4, -0.2) is 15.7 Å². The van der Waals surface area contributed by atoms with Gasteiger partial charge in [0.2, 0.25) is 5.91 Å². The number of benzene rings is 1. The van der Waals surface area contributed by atoms with Gasteiger partial charge in [-0.25, -0.2) is 0 Å². The third-order valence-electron chi connectivity index (χ3n) is 2.59. The van der Waals surface area contributed by atoms with Gasteiger partial charge >= 0.3 is 0 Å². The SMILES string of the molecule is Cc1nn(C)cc1NC(=O)Cc1ccc(S)cc1. The molecule has 0 saturated heterocycles. The van der Waals surface area contributed by atoms with E-state index in [2.05, 4.69) is 23.0 Å². The van der Waals surface area contributed by atoms with Crippen LogP contribution in [0.25, 0.3) is 0 Å². The molecule has 0 aliphatic carbocycles. The van der Waals surface area contributed by atoms with Crippen molar-refractivity contribution in [2.75, 3.05) is 5.32 Å². The third kappa shape index (κ3) is 3.13. The van der Waals surface area contributed by atoms with E-state index in [0.29, 0.717) is 6.42 Å². The van der Waals surface area contributed by atoms with Gasteiger partial charge in [-0.2, -0.15) is 5.10 Å². The second kappa shape index (κ2) is 5.27. The lowest BCUT2D eigenvalue weighted by molar-refractivity contribution is -0.115. The first-order valence-corrected chi connectivity index (χ1v) is 6.07. The maximum Gasteiger partial charge on any atom is 0.228 e. The zero-order chi connectivity index (χ0) is 13.1. The zero-order valence-electron chi connectivity index (χ0n) is 10.3. The number of nitrogens with zero attached hydrogens (tertiary/aromatic N) is 2. The molecule has 1 N–H and O–H groups in total. The van der Waals surface area contributed by atoms with Gasteiger partial charge in [0.1, 0.15) is 0 Å². The van der Waals surface area contributed by atoms with E-state index >= 15 is 0 Å². The molecule has 18 heavy (non-hydrogen) atoms. The molecule has 0 aliphatic heterocycles. The Bertz CT molecular complexity index is 560. The molecule has 0 spiro atoms. The van der Waals surface area contributed by atoms with Crippen LogP contribution in [0.5, 0.6) is 0 Å². The molecule has 0 radical (unpaired) electrons. The second-order valence-electron chi connectivity index (χ2n) is 4.19. The first-order chi connectivity index (χ1) is 8.54. The number of carbonyl (C=O) groups excluding carboxylic acids is 1. The fourth-order valence-corrected chi connectivity index (χ4v) is 1.86. The summed E-state index contributed by atoms with van der Waals surface area (Å²) < 4.78 is 1.68. The molecule has 5 heteroatoms. The zero-order valence-corrected chi connectivity index (χ0v) is 11.2. The topological polar surface area (TPSA) is 46.9 Å². The van der Waals surface area contributed by atoms with Crippen molar-refractivity contribution in [1.29, 1.82) is 0 Å². The highest BCUT2D eigenvalue weighted by Crippen LogP contribution is 2.13. The van der Waals surface area contributed by atoms with Crippen LogP contribution in [0.15, 0.2) is 35.4 Å². The second-order valence-corrected chi connectivity index (χ2v) is 4.71. The predicted molar refractivity (Wildman–Crippen MR) is 74.0 cm³/mol. The Morgan fingerprint density at radius 2 is 2.06 bits per heavy atom. The first-order valence-electron chi connectivity index (χ1n) is 5.62. The van der Waals surface area contributed by atoms with Crippen molar-refractivity contribution in [3.8, 4) is 0 Å². The van der Waals surface area contributed by atoms with E-state index in [-0.39, 0.29) is 5.91 Å². The lowest BCUT2D eigenvalue weighted by atomic mass is 10.1. The van der Waals surface area contributed by atoms with Crippen LogP contribution in [0.2, 0.25) is 0 Å². The van der Waals surface area contributed by atoms with E-state index in [1.54, 1.807) is 10.9 Å². The van der Waals surface area contributed by atoms with Gasteiger partial charge in [-0.15, -0.1) is 12.6 Å². The van der Waals surface area contributed by atoms with Crippen LogP contribution in [0.4, 0.5) is 5.69 Å². The number of nitrogens with one attached hydrogen (secondary N) is 1. The molecule has 0 saturated carbocycles. The van der Waals surface area contributed by atoms with Crippen molar-refractivity contribution in [2.45, 2.75) is 18.2 Å². The average Bonchev–Trinajstić information content (AvgIpc) is 2.61. The Hall–Kier alpha value is -1.75. The molecule has 4 nitrogen and oxygen atoms in total. The van der Waals surface area contributed by atoms with Crippen LogP contribution in [0.1, 0.15) is 11.3 Å². The van der Waals surface area contributed by atoms with Gasteiger partial charge in [0.25, 0.3) is 0 Å². The predicted octanol–water partition coefficient (Wildman–Crippen LogP) is 2.20. The summed E-state index contributed by atoms with van der Waals surface area (Å²) in [5.41, 5.74) is 2.54. The minimum Gasteiger partial charge on any atom is -0.323 e. The molecular formula is C13H15N3OS. The maximum absolute atomic E-state index is 11.9. The first kappa shape index (κ1) is 12.7. The van der Waals surface area contributed by atoms with E-state index in [1.807, 2.05) is 38.2 Å². The number of anilines is 1. The molecular weight excluding hydrogens is 246 g/mol. The summed E-state index contributed by atoms with van der Waals surface area (Å²) in [6, 6.07) is 7.55. The van der Waals surface area contributed by atoms with Gasteiger partial charge in [0.05, 0.1) is 17.8 Å². The molecule has 0 fully saturated rings. The number of thiol groups is 1. The van der Waals surface area contributed by atoms with Crippen LogP contribution in [-0.2, 0) is 18.3 Å². The summed E-state index contributed by atoms with van der Waals surface area (Å²) in [7, 11) is 1.83. The number of amides is 1. The number of hydrogen-bond acceptors (Lipinski definition) is 3. The summed E-state index contributed by atoms with van der Waals surface area (Å²) in [6.07, 6.45) is 2.15. The van der Waals surface area contributed by atoms with E-state index in [4.69, 9.17) is 0 Å². The van der Waals surface area contributed by atoms with E-state index in [9.17, 15) is 4.79 Å². The fourth-order valence-electron chi connectivity index (χ4n) is 1.72. The number of carbonyl (C=O) groups is 1. The molecule has 94 valence electrons. The molecule has 1 aromatic carbocycles. The van der Waals surface area contributed by atoms with Gasteiger partial charge in [-0.3, -0.25) is 9.48 Å². The van der Waals surface area contributed by atoms with Crippen LogP contribution in [0.3, 0.4) is 0 Å². The van der Waals surface area contributed by atoms with E-state index in [0.717, 1.165) is 21.8 Å². The summed E-state index contributed by atoms with van der Waals surface area (Å²) in [6.45, 7) is 1.87. The van der Waals surface area contributed by atoms with Crippen LogP contribution < -0.4 is 5.32 Å². The lowest BCUT2D eigenvalue weighted by Crippen LogP contribution is -2.14. The quantitative estimate of drug-likeness (QED) is 0.832. The summed E-state index contributed by atoms with van der Waals surface area (Å²) in [4.78, 5) is 12.8. The minimum atomic E-state index is -0.0435. The number of aryl methyl sites for hydroxylation is 2. The van der Waals surface area contributed by atoms with Crippen molar-refractivity contribution in [2.24, 2.45) is 7.05 Å². The van der Waals surface area contributed by atoms with Gasteiger partial charge in [-0.05, 0) is 24.6 Å². The molecule has 0 aliphatic rings. The molecule has 2 rings (SSSR count). The largest absolute Gasteiger partial charge is 0.323 e. The Morgan fingerprint density at radius 3 is 2.61 bits per heavy atom. The monoisotopic (exact) mass is 261 g/mol. The van der Waals surface area contributed by atoms with Crippen molar-refractivity contribution in [1.82, 2.24) is 9.78 Å².